The van der Waals surface area contributed by atoms with Gasteiger partial charge in [-0.1, -0.05) is 19.1 Å². The Kier molecular flexibility index (Phi) is 5.05. The van der Waals surface area contributed by atoms with Crippen molar-refractivity contribution in [3.8, 4) is 28.4 Å². The number of esters is 1. The standard InChI is InChI=1S/C23H24O7/c1-4-18(23(10-11-23)22(25)26)30-19-14(8-9-17(27-2)20(19)28-3)13-6-5-7-15-16(13)12-29-21(15)24/h5-9,18H,4,10-12H2,1-3H3,(H,25,26). The van der Waals surface area contributed by atoms with Gasteiger partial charge in [0.2, 0.25) is 5.75 Å². The van der Waals surface area contributed by atoms with Crippen LogP contribution in [0.4, 0.5) is 0 Å². The zero-order chi connectivity index (χ0) is 21.5. The first-order chi connectivity index (χ1) is 14.5. The second-order valence-electron chi connectivity index (χ2n) is 7.56. The first-order valence-corrected chi connectivity index (χ1v) is 9.91. The van der Waals surface area contributed by atoms with Crippen molar-refractivity contribution in [1.29, 1.82) is 0 Å². The predicted molar refractivity (Wildman–Crippen MR) is 108 cm³/mol. The third kappa shape index (κ3) is 3.05. The van der Waals surface area contributed by atoms with Crippen molar-refractivity contribution in [2.24, 2.45) is 5.41 Å². The maximum Gasteiger partial charge on any atom is 0.338 e. The summed E-state index contributed by atoms with van der Waals surface area (Å²) in [5, 5.41) is 9.76. The van der Waals surface area contributed by atoms with Gasteiger partial charge in [0, 0.05) is 11.1 Å². The molecular weight excluding hydrogens is 388 g/mol. The Morgan fingerprint density at radius 3 is 2.43 bits per heavy atom. The normalized spacial score (nSPS) is 17.0. The number of carboxylic acid groups (broad SMARTS) is 1. The van der Waals surface area contributed by atoms with E-state index in [1.165, 1.54) is 14.2 Å². The monoisotopic (exact) mass is 412 g/mol. The Balaban J connectivity index is 1.87. The molecule has 0 amide bonds. The summed E-state index contributed by atoms with van der Waals surface area (Å²) in [5.41, 5.74) is 1.88. The quantitative estimate of drug-likeness (QED) is 0.654. The highest BCUT2D eigenvalue weighted by Gasteiger charge is 2.57. The van der Waals surface area contributed by atoms with Crippen LogP contribution in [0.5, 0.6) is 17.2 Å². The summed E-state index contributed by atoms with van der Waals surface area (Å²) in [7, 11) is 3.05. The van der Waals surface area contributed by atoms with Crippen molar-refractivity contribution in [1.82, 2.24) is 0 Å². The zero-order valence-corrected chi connectivity index (χ0v) is 17.2. The molecule has 2 aliphatic rings. The van der Waals surface area contributed by atoms with Crippen LogP contribution in [0.2, 0.25) is 0 Å². The number of rotatable bonds is 8. The Bertz CT molecular complexity index is 1010. The number of aliphatic carboxylic acids is 1. The molecule has 1 N–H and O–H groups in total. The molecule has 1 heterocycles. The molecule has 0 saturated heterocycles. The Labute approximate surface area is 174 Å². The lowest BCUT2D eigenvalue weighted by molar-refractivity contribution is -0.147. The van der Waals surface area contributed by atoms with Gasteiger partial charge >= 0.3 is 11.9 Å². The van der Waals surface area contributed by atoms with Gasteiger partial charge in [-0.3, -0.25) is 4.79 Å². The van der Waals surface area contributed by atoms with Gasteiger partial charge < -0.3 is 24.1 Å². The highest BCUT2D eigenvalue weighted by Crippen LogP contribution is 2.54. The maximum atomic E-state index is 12.0. The number of methoxy groups -OCH3 is 2. The van der Waals surface area contributed by atoms with Gasteiger partial charge in [0.05, 0.1) is 19.8 Å². The summed E-state index contributed by atoms with van der Waals surface area (Å²) in [5.74, 6) is 0.0639. The van der Waals surface area contributed by atoms with Crippen LogP contribution in [0.15, 0.2) is 30.3 Å². The minimum absolute atomic E-state index is 0.175. The second kappa shape index (κ2) is 7.55. The molecule has 0 radical (unpaired) electrons. The molecule has 1 aliphatic carbocycles. The third-order valence-corrected chi connectivity index (χ3v) is 6.00. The largest absolute Gasteiger partial charge is 0.493 e. The molecule has 2 aromatic carbocycles. The topological polar surface area (TPSA) is 91.3 Å². The number of hydrogen-bond acceptors (Lipinski definition) is 6. The fourth-order valence-corrected chi connectivity index (χ4v) is 4.17. The third-order valence-electron chi connectivity index (χ3n) is 6.00. The number of fused-ring (bicyclic) bond motifs is 1. The lowest BCUT2D eigenvalue weighted by Crippen LogP contribution is -2.34. The number of carboxylic acids is 1. The van der Waals surface area contributed by atoms with Crippen LogP contribution in [-0.4, -0.2) is 37.4 Å². The van der Waals surface area contributed by atoms with Crippen molar-refractivity contribution in [3.05, 3.63) is 41.5 Å². The van der Waals surface area contributed by atoms with Crippen LogP contribution in [0.1, 0.15) is 42.1 Å². The molecule has 7 nitrogen and oxygen atoms in total. The van der Waals surface area contributed by atoms with Gasteiger partial charge in [0.25, 0.3) is 0 Å². The molecule has 1 atom stereocenters. The average Bonchev–Trinajstić information content (AvgIpc) is 3.49. The number of ether oxygens (including phenoxy) is 4. The summed E-state index contributed by atoms with van der Waals surface area (Å²) in [4.78, 5) is 23.9. The maximum absolute atomic E-state index is 12.0. The van der Waals surface area contributed by atoms with E-state index in [1.807, 2.05) is 19.1 Å². The fraction of sp³-hybridized carbons (Fsp3) is 0.391. The van der Waals surface area contributed by atoms with Crippen LogP contribution >= 0.6 is 0 Å². The van der Waals surface area contributed by atoms with E-state index in [-0.39, 0.29) is 12.6 Å². The second-order valence-corrected chi connectivity index (χ2v) is 7.56. The van der Waals surface area contributed by atoms with E-state index >= 15 is 0 Å². The Morgan fingerprint density at radius 2 is 1.83 bits per heavy atom. The smallest absolute Gasteiger partial charge is 0.338 e. The van der Waals surface area contributed by atoms with E-state index in [9.17, 15) is 14.7 Å². The molecule has 1 fully saturated rings. The van der Waals surface area contributed by atoms with E-state index in [4.69, 9.17) is 18.9 Å². The lowest BCUT2D eigenvalue weighted by Gasteiger charge is -2.27. The summed E-state index contributed by atoms with van der Waals surface area (Å²) in [6, 6.07) is 9.01. The summed E-state index contributed by atoms with van der Waals surface area (Å²) in [6.45, 7) is 2.08. The molecule has 7 heteroatoms. The molecule has 1 aliphatic heterocycles. The SMILES string of the molecule is CCC(Oc1c(-c2cccc3c2COC3=O)ccc(OC)c1OC)C1(C(=O)O)CC1. The van der Waals surface area contributed by atoms with E-state index in [2.05, 4.69) is 0 Å². The lowest BCUT2D eigenvalue weighted by atomic mass is 9.94. The molecule has 0 bridgehead atoms. The first kappa shape index (κ1) is 20.1. The van der Waals surface area contributed by atoms with Crippen LogP contribution < -0.4 is 14.2 Å². The van der Waals surface area contributed by atoms with E-state index in [0.717, 1.165) is 11.1 Å². The van der Waals surface area contributed by atoms with E-state index < -0.39 is 17.5 Å². The molecule has 30 heavy (non-hydrogen) atoms. The predicted octanol–water partition coefficient (Wildman–Crippen LogP) is 4.06. The van der Waals surface area contributed by atoms with Gasteiger partial charge in [0.1, 0.15) is 18.1 Å². The average molecular weight is 412 g/mol. The number of hydrogen-bond donors (Lipinski definition) is 1. The Hall–Kier alpha value is -3.22. The summed E-state index contributed by atoms with van der Waals surface area (Å²) < 4.78 is 22.6. The highest BCUT2D eigenvalue weighted by molar-refractivity contribution is 5.96. The van der Waals surface area contributed by atoms with Gasteiger partial charge in [0.15, 0.2) is 11.5 Å². The molecule has 1 saturated carbocycles. The number of benzene rings is 2. The van der Waals surface area contributed by atoms with Gasteiger partial charge in [-0.05, 0) is 43.0 Å². The summed E-state index contributed by atoms with van der Waals surface area (Å²) in [6.07, 6.45) is 1.15. The molecule has 2 aromatic rings. The fourth-order valence-electron chi connectivity index (χ4n) is 4.17. The molecule has 1 unspecified atom stereocenters. The van der Waals surface area contributed by atoms with Crippen LogP contribution in [0, 0.1) is 5.41 Å². The minimum Gasteiger partial charge on any atom is -0.493 e. The molecular formula is C23H24O7. The Morgan fingerprint density at radius 1 is 1.10 bits per heavy atom. The molecule has 158 valence electrons. The van der Waals surface area contributed by atoms with E-state index in [0.29, 0.717) is 47.6 Å². The van der Waals surface area contributed by atoms with Gasteiger partial charge in [-0.2, -0.15) is 0 Å². The van der Waals surface area contributed by atoms with Crippen molar-refractivity contribution in [2.75, 3.05) is 14.2 Å². The first-order valence-electron chi connectivity index (χ1n) is 9.91. The molecule has 0 aromatic heterocycles. The number of cyclic esters (lactones) is 1. The minimum atomic E-state index is -0.891. The van der Waals surface area contributed by atoms with Gasteiger partial charge in [-0.15, -0.1) is 0 Å². The zero-order valence-electron chi connectivity index (χ0n) is 17.2. The van der Waals surface area contributed by atoms with Crippen LogP contribution in [0.3, 0.4) is 0 Å². The van der Waals surface area contributed by atoms with Crippen LogP contribution in [0.25, 0.3) is 11.1 Å². The van der Waals surface area contributed by atoms with Crippen LogP contribution in [-0.2, 0) is 16.1 Å². The number of carbonyl (C=O) groups excluding carboxylic acids is 1. The summed E-state index contributed by atoms with van der Waals surface area (Å²) >= 11 is 0. The number of carbonyl (C=O) groups is 2. The van der Waals surface area contributed by atoms with Crippen molar-refractivity contribution in [3.63, 3.8) is 0 Å². The molecule has 4 rings (SSSR count). The van der Waals surface area contributed by atoms with E-state index in [1.54, 1.807) is 18.2 Å². The molecule has 0 spiro atoms. The van der Waals surface area contributed by atoms with Crippen molar-refractivity contribution in [2.45, 2.75) is 38.9 Å². The highest BCUT2D eigenvalue weighted by atomic mass is 16.5. The van der Waals surface area contributed by atoms with Crippen molar-refractivity contribution >= 4 is 11.9 Å². The van der Waals surface area contributed by atoms with Crippen molar-refractivity contribution < 1.29 is 33.6 Å². The van der Waals surface area contributed by atoms with Gasteiger partial charge in [-0.25, -0.2) is 4.79 Å².